The molecule has 0 atom stereocenters. The van der Waals surface area contributed by atoms with Gasteiger partial charge in [-0.15, -0.1) is 6.58 Å². The molecule has 1 aromatic rings. The largest absolute Gasteiger partial charge is 0.493 e. The van der Waals surface area contributed by atoms with E-state index >= 15 is 0 Å². The van der Waals surface area contributed by atoms with Gasteiger partial charge in [-0.1, -0.05) is 6.08 Å². The molecule has 1 rings (SSSR count). The molecule has 0 fully saturated rings. The summed E-state index contributed by atoms with van der Waals surface area (Å²) in [5, 5.41) is 3.19. The molecule has 0 aromatic heterocycles. The maximum atomic E-state index is 13.5. The van der Waals surface area contributed by atoms with Crippen molar-refractivity contribution in [2.24, 2.45) is 0 Å². The third-order valence-corrected chi connectivity index (χ3v) is 3.06. The minimum atomic E-state index is -0.261. The summed E-state index contributed by atoms with van der Waals surface area (Å²) in [5.41, 5.74) is 0.882. The predicted molar refractivity (Wildman–Crippen MR) is 84.1 cm³/mol. The first-order valence-electron chi connectivity index (χ1n) is 7.49. The van der Waals surface area contributed by atoms with E-state index < -0.39 is 0 Å². The number of benzene rings is 1. The van der Waals surface area contributed by atoms with Crippen LogP contribution in [0.5, 0.6) is 5.75 Å². The zero-order valence-corrected chi connectivity index (χ0v) is 12.9. The smallest absolute Gasteiger partial charge is 0.127 e. The summed E-state index contributed by atoms with van der Waals surface area (Å²) in [6.07, 6.45) is 6.18. The minimum Gasteiger partial charge on any atom is -0.493 e. The van der Waals surface area contributed by atoms with Gasteiger partial charge in [0.15, 0.2) is 0 Å². The first kappa shape index (κ1) is 17.7. The number of methoxy groups -OCH3 is 1. The molecule has 3 nitrogen and oxygen atoms in total. The number of nitrogens with one attached hydrogen (secondary N) is 1. The van der Waals surface area contributed by atoms with Crippen LogP contribution >= 0.6 is 0 Å². The Morgan fingerprint density at radius 1 is 1.19 bits per heavy atom. The van der Waals surface area contributed by atoms with Crippen LogP contribution in [0, 0.1) is 5.82 Å². The number of rotatable bonds is 12. The Kier molecular flexibility index (Phi) is 9.49. The lowest BCUT2D eigenvalue weighted by Crippen LogP contribution is -2.18. The van der Waals surface area contributed by atoms with Crippen molar-refractivity contribution in [3.63, 3.8) is 0 Å². The van der Waals surface area contributed by atoms with Crippen molar-refractivity contribution in [3.8, 4) is 5.75 Å². The lowest BCUT2D eigenvalue weighted by molar-refractivity contribution is 0.199. The second kappa shape index (κ2) is 11.3. The van der Waals surface area contributed by atoms with E-state index in [1.54, 1.807) is 7.11 Å². The maximum Gasteiger partial charge on any atom is 0.127 e. The fourth-order valence-electron chi connectivity index (χ4n) is 1.97. The molecule has 0 bridgehead atoms. The van der Waals surface area contributed by atoms with Crippen LogP contribution in [0.2, 0.25) is 0 Å². The molecule has 4 heteroatoms. The van der Waals surface area contributed by atoms with E-state index in [-0.39, 0.29) is 5.82 Å². The highest BCUT2D eigenvalue weighted by atomic mass is 19.1. The normalized spacial score (nSPS) is 10.6. The standard InChI is InChI=1S/C17H26FNO2/c1-3-4-5-6-7-9-21-17-12-15(11-16(18)13-17)14-19-8-10-20-2/h3,11-13,19H,1,4-10,14H2,2H3. The Balaban J connectivity index is 2.32. The van der Waals surface area contributed by atoms with Gasteiger partial charge in [-0.3, -0.25) is 0 Å². The number of allylic oxidation sites excluding steroid dienone is 1. The molecule has 0 aliphatic heterocycles. The second-order valence-corrected chi connectivity index (χ2v) is 4.95. The van der Waals surface area contributed by atoms with Crippen LogP contribution in [0.25, 0.3) is 0 Å². The van der Waals surface area contributed by atoms with E-state index in [2.05, 4.69) is 11.9 Å². The van der Waals surface area contributed by atoms with Crippen molar-refractivity contribution in [2.45, 2.75) is 32.2 Å². The highest BCUT2D eigenvalue weighted by Crippen LogP contribution is 2.17. The molecular weight excluding hydrogens is 269 g/mol. The fraction of sp³-hybridized carbons (Fsp3) is 0.529. The highest BCUT2D eigenvalue weighted by Gasteiger charge is 2.02. The number of unbranched alkanes of at least 4 members (excludes halogenated alkanes) is 3. The van der Waals surface area contributed by atoms with E-state index in [1.165, 1.54) is 12.1 Å². The van der Waals surface area contributed by atoms with Crippen LogP contribution in [0.3, 0.4) is 0 Å². The van der Waals surface area contributed by atoms with E-state index in [0.717, 1.165) is 37.8 Å². The van der Waals surface area contributed by atoms with Gasteiger partial charge >= 0.3 is 0 Å². The van der Waals surface area contributed by atoms with Gasteiger partial charge < -0.3 is 14.8 Å². The molecule has 0 aliphatic carbocycles. The lowest BCUT2D eigenvalue weighted by Gasteiger charge is -2.09. The van der Waals surface area contributed by atoms with E-state index in [4.69, 9.17) is 9.47 Å². The topological polar surface area (TPSA) is 30.5 Å². The summed E-state index contributed by atoms with van der Waals surface area (Å²) in [6.45, 7) is 6.31. The number of halogens is 1. The molecule has 118 valence electrons. The van der Waals surface area contributed by atoms with Crippen molar-refractivity contribution < 1.29 is 13.9 Å². The Morgan fingerprint density at radius 2 is 2.05 bits per heavy atom. The maximum absolute atomic E-state index is 13.5. The van der Waals surface area contributed by atoms with Gasteiger partial charge in [0.25, 0.3) is 0 Å². The number of hydrogen-bond acceptors (Lipinski definition) is 3. The highest BCUT2D eigenvalue weighted by molar-refractivity contribution is 5.29. The summed E-state index contributed by atoms with van der Waals surface area (Å²) in [7, 11) is 1.66. The monoisotopic (exact) mass is 295 g/mol. The Morgan fingerprint density at radius 3 is 2.81 bits per heavy atom. The van der Waals surface area contributed by atoms with Crippen LogP contribution in [-0.4, -0.2) is 26.9 Å². The Bertz CT molecular complexity index is 410. The molecule has 0 amide bonds. The molecule has 0 heterocycles. The summed E-state index contributed by atoms with van der Waals surface area (Å²) in [6, 6.07) is 4.84. The van der Waals surface area contributed by atoms with Gasteiger partial charge in [0.2, 0.25) is 0 Å². The number of ether oxygens (including phenoxy) is 2. The minimum absolute atomic E-state index is 0.261. The molecule has 21 heavy (non-hydrogen) atoms. The van der Waals surface area contributed by atoms with Gasteiger partial charge in [-0.2, -0.15) is 0 Å². The van der Waals surface area contributed by atoms with Gasteiger partial charge in [0.05, 0.1) is 13.2 Å². The molecule has 0 radical (unpaired) electrons. The SMILES string of the molecule is C=CCCCCCOc1cc(F)cc(CNCCOC)c1. The van der Waals surface area contributed by atoms with Crippen molar-refractivity contribution in [3.05, 3.63) is 42.2 Å². The fourth-order valence-corrected chi connectivity index (χ4v) is 1.97. The molecule has 1 N–H and O–H groups in total. The Hall–Kier alpha value is -1.39. The summed E-state index contributed by atoms with van der Waals surface area (Å²) in [5.74, 6) is 0.338. The lowest BCUT2D eigenvalue weighted by atomic mass is 10.2. The first-order chi connectivity index (χ1) is 10.3. The van der Waals surface area contributed by atoms with Crippen LogP contribution in [-0.2, 0) is 11.3 Å². The van der Waals surface area contributed by atoms with Crippen LogP contribution in [0.15, 0.2) is 30.9 Å². The van der Waals surface area contributed by atoms with Crippen LogP contribution in [0.1, 0.15) is 31.2 Å². The molecule has 0 saturated heterocycles. The first-order valence-corrected chi connectivity index (χ1v) is 7.49. The van der Waals surface area contributed by atoms with Crippen molar-refractivity contribution in [2.75, 3.05) is 26.9 Å². The summed E-state index contributed by atoms with van der Waals surface area (Å²) < 4.78 is 24.1. The van der Waals surface area contributed by atoms with E-state index in [9.17, 15) is 4.39 Å². The van der Waals surface area contributed by atoms with Crippen LogP contribution in [0.4, 0.5) is 4.39 Å². The average molecular weight is 295 g/mol. The van der Waals surface area contributed by atoms with Gasteiger partial charge in [-0.05, 0) is 43.4 Å². The zero-order chi connectivity index (χ0) is 15.3. The quantitative estimate of drug-likeness (QED) is 0.471. The van der Waals surface area contributed by atoms with Crippen molar-refractivity contribution in [1.29, 1.82) is 0 Å². The van der Waals surface area contributed by atoms with Gasteiger partial charge in [0.1, 0.15) is 11.6 Å². The molecule has 0 saturated carbocycles. The molecular formula is C17H26FNO2. The molecule has 0 spiro atoms. The van der Waals surface area contributed by atoms with Crippen LogP contribution < -0.4 is 10.1 Å². The van der Waals surface area contributed by atoms with Gasteiger partial charge in [-0.25, -0.2) is 4.39 Å². The zero-order valence-electron chi connectivity index (χ0n) is 12.9. The summed E-state index contributed by atoms with van der Waals surface area (Å²) >= 11 is 0. The van der Waals surface area contributed by atoms with Crippen molar-refractivity contribution >= 4 is 0 Å². The Labute approximate surface area is 127 Å². The van der Waals surface area contributed by atoms with Crippen molar-refractivity contribution in [1.82, 2.24) is 5.32 Å². The third kappa shape index (κ3) is 8.48. The second-order valence-electron chi connectivity index (χ2n) is 4.95. The molecule has 1 aromatic carbocycles. The van der Waals surface area contributed by atoms with E-state index in [1.807, 2.05) is 12.1 Å². The predicted octanol–water partition coefficient (Wildman–Crippen LogP) is 3.69. The van der Waals surface area contributed by atoms with E-state index in [0.29, 0.717) is 25.5 Å². The average Bonchev–Trinajstić information content (AvgIpc) is 2.47. The molecule has 0 unspecified atom stereocenters. The molecule has 0 aliphatic rings. The summed E-state index contributed by atoms with van der Waals surface area (Å²) in [4.78, 5) is 0. The third-order valence-electron chi connectivity index (χ3n) is 3.06. The van der Waals surface area contributed by atoms with Gasteiger partial charge in [0, 0.05) is 26.3 Å². The number of hydrogen-bond donors (Lipinski definition) is 1.